The SMILES string of the molecule is CCC(=O)c1ccc(N=Nc2cccc(N)c2O)cc1. The molecule has 102 valence electrons. The molecule has 20 heavy (non-hydrogen) atoms. The number of anilines is 1. The zero-order valence-corrected chi connectivity index (χ0v) is 11.1. The van der Waals surface area contributed by atoms with Crippen molar-refractivity contribution in [1.29, 1.82) is 0 Å². The summed E-state index contributed by atoms with van der Waals surface area (Å²) in [5.41, 5.74) is 7.38. The minimum absolute atomic E-state index is 0.0852. The Hall–Kier alpha value is -2.69. The lowest BCUT2D eigenvalue weighted by atomic mass is 10.1. The normalized spacial score (nSPS) is 10.8. The Morgan fingerprint density at radius 1 is 1.15 bits per heavy atom. The van der Waals surface area contributed by atoms with Gasteiger partial charge in [-0.2, -0.15) is 5.11 Å². The van der Waals surface area contributed by atoms with Crippen molar-refractivity contribution >= 4 is 22.8 Å². The fourth-order valence-electron chi connectivity index (χ4n) is 1.66. The number of nitrogens with zero attached hydrogens (tertiary/aromatic N) is 2. The molecule has 0 bridgehead atoms. The fourth-order valence-corrected chi connectivity index (χ4v) is 1.66. The van der Waals surface area contributed by atoms with Crippen molar-refractivity contribution in [3.8, 4) is 5.75 Å². The van der Waals surface area contributed by atoms with Gasteiger partial charge in [0.25, 0.3) is 0 Å². The minimum Gasteiger partial charge on any atom is -0.504 e. The smallest absolute Gasteiger partial charge is 0.166 e. The molecule has 0 unspecified atom stereocenters. The Bertz CT molecular complexity index is 649. The highest BCUT2D eigenvalue weighted by molar-refractivity contribution is 5.96. The van der Waals surface area contributed by atoms with E-state index in [0.29, 0.717) is 23.4 Å². The Balaban J connectivity index is 2.19. The van der Waals surface area contributed by atoms with Gasteiger partial charge in [-0.3, -0.25) is 4.79 Å². The number of benzene rings is 2. The number of phenolic OH excluding ortho intramolecular Hbond substituents is 1. The van der Waals surface area contributed by atoms with Crippen molar-refractivity contribution in [1.82, 2.24) is 0 Å². The number of ketones is 1. The van der Waals surface area contributed by atoms with Gasteiger partial charge in [0.1, 0.15) is 5.69 Å². The first-order valence-corrected chi connectivity index (χ1v) is 6.24. The molecule has 0 aromatic heterocycles. The Morgan fingerprint density at radius 3 is 2.50 bits per heavy atom. The van der Waals surface area contributed by atoms with Gasteiger partial charge in [-0.05, 0) is 36.4 Å². The van der Waals surface area contributed by atoms with E-state index in [4.69, 9.17) is 5.73 Å². The Labute approximate surface area is 116 Å². The van der Waals surface area contributed by atoms with Crippen LogP contribution in [0, 0.1) is 0 Å². The van der Waals surface area contributed by atoms with Gasteiger partial charge in [0.2, 0.25) is 0 Å². The lowest BCUT2D eigenvalue weighted by molar-refractivity contribution is 0.0988. The third-order valence-corrected chi connectivity index (χ3v) is 2.83. The van der Waals surface area contributed by atoms with Crippen molar-refractivity contribution in [2.45, 2.75) is 13.3 Å². The molecule has 0 saturated carbocycles. The van der Waals surface area contributed by atoms with Crippen LogP contribution in [0.3, 0.4) is 0 Å². The van der Waals surface area contributed by atoms with Crippen LogP contribution in [0.2, 0.25) is 0 Å². The number of carbonyl (C=O) groups excluding carboxylic acids is 1. The second-order valence-corrected chi connectivity index (χ2v) is 4.24. The van der Waals surface area contributed by atoms with E-state index < -0.39 is 0 Å². The van der Waals surface area contributed by atoms with E-state index in [1.165, 1.54) is 0 Å². The predicted molar refractivity (Wildman–Crippen MR) is 77.8 cm³/mol. The topological polar surface area (TPSA) is 88.0 Å². The first-order valence-electron chi connectivity index (χ1n) is 6.24. The van der Waals surface area contributed by atoms with E-state index in [-0.39, 0.29) is 17.2 Å². The molecule has 0 saturated heterocycles. The van der Waals surface area contributed by atoms with Crippen LogP contribution >= 0.6 is 0 Å². The molecule has 2 aromatic carbocycles. The second kappa shape index (κ2) is 5.97. The van der Waals surface area contributed by atoms with Crippen LogP contribution in [0.15, 0.2) is 52.7 Å². The molecule has 0 heterocycles. The lowest BCUT2D eigenvalue weighted by Crippen LogP contribution is -1.94. The second-order valence-electron chi connectivity index (χ2n) is 4.24. The van der Waals surface area contributed by atoms with Gasteiger partial charge < -0.3 is 10.8 Å². The maximum atomic E-state index is 11.5. The highest BCUT2D eigenvalue weighted by Gasteiger charge is 2.04. The van der Waals surface area contributed by atoms with Crippen molar-refractivity contribution in [2.75, 3.05) is 5.73 Å². The molecule has 0 aliphatic carbocycles. The molecule has 2 aromatic rings. The highest BCUT2D eigenvalue weighted by atomic mass is 16.3. The van der Waals surface area contributed by atoms with Gasteiger partial charge >= 0.3 is 0 Å². The standard InChI is InChI=1S/C15H15N3O2/c1-2-14(19)10-6-8-11(9-7-10)17-18-13-5-3-4-12(16)15(13)20/h3-9,20H,2,16H2,1H3. The monoisotopic (exact) mass is 269 g/mol. The molecule has 0 radical (unpaired) electrons. The van der Waals surface area contributed by atoms with Gasteiger partial charge in [0, 0.05) is 12.0 Å². The molecule has 3 N–H and O–H groups in total. The first-order chi connectivity index (χ1) is 9.61. The molecule has 0 fully saturated rings. The zero-order valence-electron chi connectivity index (χ0n) is 11.1. The maximum Gasteiger partial charge on any atom is 0.166 e. The van der Waals surface area contributed by atoms with Gasteiger partial charge in [-0.25, -0.2) is 0 Å². The number of rotatable bonds is 4. The van der Waals surface area contributed by atoms with Gasteiger partial charge in [0.15, 0.2) is 11.5 Å². The third-order valence-electron chi connectivity index (χ3n) is 2.83. The van der Waals surface area contributed by atoms with Crippen molar-refractivity contribution in [3.63, 3.8) is 0 Å². The van der Waals surface area contributed by atoms with E-state index >= 15 is 0 Å². The summed E-state index contributed by atoms with van der Waals surface area (Å²) < 4.78 is 0. The predicted octanol–water partition coefficient (Wildman–Crippen LogP) is 3.98. The first kappa shape index (κ1) is 13.7. The molecule has 0 amide bonds. The number of nitrogen functional groups attached to an aromatic ring is 1. The van der Waals surface area contributed by atoms with Crippen LogP contribution in [0.4, 0.5) is 17.1 Å². The summed E-state index contributed by atoms with van der Waals surface area (Å²) in [6, 6.07) is 11.7. The average Bonchev–Trinajstić information content (AvgIpc) is 2.48. The minimum atomic E-state index is -0.0889. The van der Waals surface area contributed by atoms with Crippen LogP contribution in [-0.2, 0) is 0 Å². The lowest BCUT2D eigenvalue weighted by Gasteiger charge is -2.01. The zero-order chi connectivity index (χ0) is 14.5. The number of para-hydroxylation sites is 1. The van der Waals surface area contributed by atoms with Gasteiger partial charge in [-0.15, -0.1) is 5.11 Å². The van der Waals surface area contributed by atoms with E-state index in [1.54, 1.807) is 42.5 Å². The van der Waals surface area contributed by atoms with E-state index in [9.17, 15) is 9.90 Å². The number of hydrogen-bond donors (Lipinski definition) is 2. The number of carbonyl (C=O) groups is 1. The fraction of sp³-hybridized carbons (Fsp3) is 0.133. The number of azo groups is 1. The van der Waals surface area contributed by atoms with Crippen molar-refractivity contribution in [2.24, 2.45) is 10.2 Å². The number of Topliss-reactive ketones (excluding diaryl/α,β-unsaturated/α-hetero) is 1. The summed E-state index contributed by atoms with van der Waals surface area (Å²) in [7, 11) is 0. The molecule has 0 aliphatic heterocycles. The molecule has 5 heteroatoms. The van der Waals surface area contributed by atoms with Crippen LogP contribution in [-0.4, -0.2) is 10.9 Å². The van der Waals surface area contributed by atoms with Gasteiger partial charge in [-0.1, -0.05) is 13.0 Å². The van der Waals surface area contributed by atoms with E-state index in [1.807, 2.05) is 6.92 Å². The molecule has 0 atom stereocenters. The number of aromatic hydroxyl groups is 1. The van der Waals surface area contributed by atoms with E-state index in [2.05, 4.69) is 10.2 Å². The molecule has 0 spiro atoms. The summed E-state index contributed by atoms with van der Waals surface area (Å²) in [5, 5.41) is 17.6. The molecule has 5 nitrogen and oxygen atoms in total. The Morgan fingerprint density at radius 2 is 1.85 bits per heavy atom. The van der Waals surface area contributed by atoms with Crippen LogP contribution in [0.25, 0.3) is 0 Å². The number of phenols is 1. The number of nitrogens with two attached hydrogens (primary N) is 1. The van der Waals surface area contributed by atoms with E-state index in [0.717, 1.165) is 0 Å². The van der Waals surface area contributed by atoms with Crippen LogP contribution < -0.4 is 5.73 Å². The van der Waals surface area contributed by atoms with Crippen molar-refractivity contribution in [3.05, 3.63) is 48.0 Å². The molecule has 2 rings (SSSR count). The summed E-state index contributed by atoms with van der Waals surface area (Å²) in [6.07, 6.45) is 0.470. The summed E-state index contributed by atoms with van der Waals surface area (Å²) in [5.74, 6) is -0.00371. The molecular formula is C15H15N3O2. The summed E-state index contributed by atoms with van der Waals surface area (Å²) in [4.78, 5) is 11.5. The summed E-state index contributed by atoms with van der Waals surface area (Å²) >= 11 is 0. The highest BCUT2D eigenvalue weighted by Crippen LogP contribution is 2.32. The maximum absolute atomic E-state index is 11.5. The molecular weight excluding hydrogens is 254 g/mol. The average molecular weight is 269 g/mol. The van der Waals surface area contributed by atoms with Crippen LogP contribution in [0.1, 0.15) is 23.7 Å². The number of hydrogen-bond acceptors (Lipinski definition) is 5. The van der Waals surface area contributed by atoms with Gasteiger partial charge in [0.05, 0.1) is 11.4 Å². The largest absolute Gasteiger partial charge is 0.504 e. The summed E-state index contributed by atoms with van der Waals surface area (Å²) in [6.45, 7) is 1.82. The quantitative estimate of drug-likeness (QED) is 0.381. The third kappa shape index (κ3) is 3.00. The Kier molecular flexibility index (Phi) is 4.10. The van der Waals surface area contributed by atoms with Crippen LogP contribution in [0.5, 0.6) is 5.75 Å². The van der Waals surface area contributed by atoms with Crippen molar-refractivity contribution < 1.29 is 9.90 Å². The molecule has 0 aliphatic rings.